The number of nitrogens with zero attached hydrogens (tertiary/aromatic N) is 3. The first-order valence-electron chi connectivity index (χ1n) is 12.9. The van der Waals surface area contributed by atoms with Crippen LogP contribution in [-0.2, 0) is 17.8 Å². The summed E-state index contributed by atoms with van der Waals surface area (Å²) in [5.74, 6) is 0.901. The molecule has 1 atom stereocenters. The van der Waals surface area contributed by atoms with Gasteiger partial charge in [0.2, 0.25) is 5.91 Å². The molecule has 2 aliphatic heterocycles. The van der Waals surface area contributed by atoms with Crippen LogP contribution in [0.3, 0.4) is 0 Å². The Labute approximate surface area is 211 Å². The summed E-state index contributed by atoms with van der Waals surface area (Å²) in [6.45, 7) is 2.15. The average Bonchev–Trinajstić information content (AvgIpc) is 3.37. The third-order valence-corrected chi connectivity index (χ3v) is 7.46. The molecule has 6 nitrogen and oxygen atoms in total. The molecule has 6 heteroatoms. The molecule has 6 rings (SSSR count). The lowest BCUT2D eigenvalue weighted by atomic mass is 9.95. The Morgan fingerprint density at radius 1 is 0.889 bits per heavy atom. The van der Waals surface area contributed by atoms with Gasteiger partial charge in [-0.15, -0.1) is 0 Å². The number of benzene rings is 3. The predicted molar refractivity (Wildman–Crippen MR) is 142 cm³/mol. The van der Waals surface area contributed by atoms with Gasteiger partial charge in [-0.2, -0.15) is 0 Å². The van der Waals surface area contributed by atoms with Gasteiger partial charge in [0.1, 0.15) is 5.82 Å². The van der Waals surface area contributed by atoms with Crippen LogP contribution in [0.15, 0.2) is 72.9 Å². The Morgan fingerprint density at radius 3 is 2.58 bits per heavy atom. The lowest BCUT2D eigenvalue weighted by Gasteiger charge is -2.32. The molecule has 1 N–H and O–H groups in total. The van der Waals surface area contributed by atoms with Gasteiger partial charge in [0.25, 0.3) is 5.91 Å². The van der Waals surface area contributed by atoms with Crippen molar-refractivity contribution in [3.05, 3.63) is 84.3 Å². The number of carbonyl (C=O) groups is 2. The fourth-order valence-corrected chi connectivity index (χ4v) is 5.48. The number of aromatic nitrogens is 2. The summed E-state index contributed by atoms with van der Waals surface area (Å²) in [5.41, 5.74) is 3.51. The zero-order chi connectivity index (χ0) is 24.5. The third-order valence-electron chi connectivity index (χ3n) is 7.46. The third kappa shape index (κ3) is 4.39. The number of likely N-dealkylation sites (tertiary alicyclic amines) is 1. The monoisotopic (exact) mass is 478 g/mol. The van der Waals surface area contributed by atoms with Gasteiger partial charge in [-0.05, 0) is 54.7 Å². The number of piperidine rings is 1. The van der Waals surface area contributed by atoms with Crippen molar-refractivity contribution >= 4 is 28.3 Å². The smallest absolute Gasteiger partial charge is 0.254 e. The van der Waals surface area contributed by atoms with Crippen LogP contribution in [0, 0.1) is 5.92 Å². The number of hydrogen-bond donors (Lipinski definition) is 1. The molecule has 2 aliphatic rings. The lowest BCUT2D eigenvalue weighted by Crippen LogP contribution is -2.43. The molecule has 1 fully saturated rings. The molecule has 36 heavy (non-hydrogen) atoms. The molecule has 3 aromatic carbocycles. The number of imidazole rings is 1. The van der Waals surface area contributed by atoms with Crippen molar-refractivity contribution in [2.45, 2.75) is 38.6 Å². The summed E-state index contributed by atoms with van der Waals surface area (Å²) in [7, 11) is 0. The average molecular weight is 479 g/mol. The summed E-state index contributed by atoms with van der Waals surface area (Å²) in [4.78, 5) is 33.1. The van der Waals surface area contributed by atoms with Gasteiger partial charge in [-0.1, -0.05) is 48.5 Å². The van der Waals surface area contributed by atoms with Gasteiger partial charge in [0, 0.05) is 49.1 Å². The van der Waals surface area contributed by atoms with Crippen molar-refractivity contribution in [2.24, 2.45) is 5.92 Å². The first-order valence-corrected chi connectivity index (χ1v) is 12.9. The minimum atomic E-state index is -0.225. The summed E-state index contributed by atoms with van der Waals surface area (Å²) in [5, 5.41) is 5.07. The van der Waals surface area contributed by atoms with E-state index in [9.17, 15) is 9.59 Å². The first-order chi connectivity index (χ1) is 17.7. The van der Waals surface area contributed by atoms with E-state index in [1.165, 1.54) is 12.8 Å². The molecular formula is C30H30N4O2. The second-order valence-electron chi connectivity index (χ2n) is 9.88. The molecule has 0 saturated carbocycles. The highest BCUT2D eigenvalue weighted by Crippen LogP contribution is 2.26. The minimum Gasteiger partial charge on any atom is -0.338 e. The highest BCUT2D eigenvalue weighted by atomic mass is 16.2. The number of fused-ring (bicyclic) bond motifs is 2. The fraction of sp³-hybridized carbons (Fsp3) is 0.300. The Morgan fingerprint density at radius 2 is 1.72 bits per heavy atom. The molecule has 0 aliphatic carbocycles. The Bertz CT molecular complexity index is 1390. The van der Waals surface area contributed by atoms with E-state index in [0.29, 0.717) is 18.7 Å². The molecule has 0 radical (unpaired) electrons. The zero-order valence-electron chi connectivity index (χ0n) is 20.3. The Kier molecular flexibility index (Phi) is 6.01. The molecule has 2 amide bonds. The predicted octanol–water partition coefficient (Wildman–Crippen LogP) is 5.53. The van der Waals surface area contributed by atoms with Crippen molar-refractivity contribution in [3.8, 4) is 11.3 Å². The van der Waals surface area contributed by atoms with Gasteiger partial charge >= 0.3 is 0 Å². The molecular weight excluding hydrogens is 448 g/mol. The number of hydrogen-bond acceptors (Lipinski definition) is 3. The Hall–Kier alpha value is -3.93. The molecule has 1 aromatic heterocycles. The number of aryl methyl sites for hydroxylation is 2. The number of rotatable bonds is 4. The molecule has 4 aromatic rings. The van der Waals surface area contributed by atoms with E-state index in [-0.39, 0.29) is 17.7 Å². The summed E-state index contributed by atoms with van der Waals surface area (Å²) < 4.78 is 2.25. The van der Waals surface area contributed by atoms with Gasteiger partial charge < -0.3 is 14.8 Å². The maximum Gasteiger partial charge on any atom is 0.254 e. The molecule has 3 heterocycles. The van der Waals surface area contributed by atoms with Crippen LogP contribution in [0.5, 0.6) is 0 Å². The van der Waals surface area contributed by atoms with Gasteiger partial charge in [0.15, 0.2) is 0 Å². The van der Waals surface area contributed by atoms with Crippen LogP contribution in [-0.4, -0.2) is 39.4 Å². The van der Waals surface area contributed by atoms with Crippen LogP contribution < -0.4 is 5.32 Å². The number of amides is 2. The SMILES string of the molecule is O=C(Nc1ccc(-c2cn3c(n2)CCCC3)cc1)C1CCCN(C(=O)c2cccc3ccccc23)C1. The maximum absolute atomic E-state index is 13.4. The van der Waals surface area contributed by atoms with Crippen molar-refractivity contribution in [3.63, 3.8) is 0 Å². The second kappa shape index (κ2) is 9.61. The maximum atomic E-state index is 13.4. The van der Waals surface area contributed by atoms with Crippen molar-refractivity contribution in [1.29, 1.82) is 0 Å². The van der Waals surface area contributed by atoms with Crippen LogP contribution >= 0.6 is 0 Å². The van der Waals surface area contributed by atoms with Crippen LogP contribution in [0.2, 0.25) is 0 Å². The topological polar surface area (TPSA) is 67.2 Å². The van der Waals surface area contributed by atoms with Crippen molar-refractivity contribution in [2.75, 3.05) is 18.4 Å². The van der Waals surface area contributed by atoms with Gasteiger partial charge in [-0.25, -0.2) is 4.98 Å². The fourth-order valence-electron chi connectivity index (χ4n) is 5.48. The van der Waals surface area contributed by atoms with E-state index >= 15 is 0 Å². The van der Waals surface area contributed by atoms with E-state index in [0.717, 1.165) is 59.3 Å². The highest BCUT2D eigenvalue weighted by Gasteiger charge is 2.29. The second-order valence-corrected chi connectivity index (χ2v) is 9.88. The van der Waals surface area contributed by atoms with E-state index in [4.69, 9.17) is 4.98 Å². The summed E-state index contributed by atoms with van der Waals surface area (Å²) in [6, 6.07) is 21.7. The van der Waals surface area contributed by atoms with Crippen molar-refractivity contribution in [1.82, 2.24) is 14.5 Å². The normalized spacial score (nSPS) is 17.6. The molecule has 0 spiro atoms. The number of nitrogens with one attached hydrogen (secondary N) is 1. The highest BCUT2D eigenvalue weighted by molar-refractivity contribution is 6.07. The van der Waals surface area contributed by atoms with Gasteiger partial charge in [-0.3, -0.25) is 9.59 Å². The minimum absolute atomic E-state index is 0.00332. The lowest BCUT2D eigenvalue weighted by molar-refractivity contribution is -0.121. The van der Waals surface area contributed by atoms with E-state index in [1.807, 2.05) is 71.6 Å². The molecule has 0 bridgehead atoms. The molecule has 1 saturated heterocycles. The number of anilines is 1. The Balaban J connectivity index is 1.12. The standard InChI is InChI=1S/C30H30N4O2/c35-29(31-24-15-13-22(14-16-24)27-20-33-17-4-3-12-28(33)32-27)23-9-6-18-34(19-23)30(36)26-11-5-8-21-7-1-2-10-25(21)26/h1-2,5,7-8,10-11,13-16,20,23H,3-4,6,9,12,17-19H2,(H,31,35). The summed E-state index contributed by atoms with van der Waals surface area (Å²) in [6.07, 6.45) is 7.18. The van der Waals surface area contributed by atoms with Crippen LogP contribution in [0.25, 0.3) is 22.0 Å². The largest absolute Gasteiger partial charge is 0.338 e. The quantitative estimate of drug-likeness (QED) is 0.419. The zero-order valence-corrected chi connectivity index (χ0v) is 20.3. The van der Waals surface area contributed by atoms with E-state index in [2.05, 4.69) is 16.1 Å². The summed E-state index contributed by atoms with van der Waals surface area (Å²) >= 11 is 0. The first kappa shape index (κ1) is 22.5. The van der Waals surface area contributed by atoms with Crippen LogP contribution in [0.4, 0.5) is 5.69 Å². The van der Waals surface area contributed by atoms with Crippen LogP contribution in [0.1, 0.15) is 41.9 Å². The van der Waals surface area contributed by atoms with Crippen molar-refractivity contribution < 1.29 is 9.59 Å². The van der Waals surface area contributed by atoms with E-state index < -0.39 is 0 Å². The molecule has 182 valence electrons. The molecule has 1 unspecified atom stereocenters. The number of carbonyl (C=O) groups excluding carboxylic acids is 2. The van der Waals surface area contributed by atoms with Gasteiger partial charge in [0.05, 0.1) is 11.6 Å². The van der Waals surface area contributed by atoms with E-state index in [1.54, 1.807) is 0 Å².